The Kier molecular flexibility index (Phi) is 4.14. The molecule has 0 saturated carbocycles. The standard InChI is InChI=1S/C14H16N4O2/c1-9-6-12(15-2)11(8-16-9)14(19)18-10-4-5-13(20-3)17-7-10/h4-8H,1-3H3,(H,15,16)(H,18,19). The summed E-state index contributed by atoms with van der Waals surface area (Å²) in [5.41, 5.74) is 2.65. The number of ether oxygens (including phenoxy) is 1. The number of amides is 1. The zero-order valence-electron chi connectivity index (χ0n) is 11.6. The maximum Gasteiger partial charge on any atom is 0.259 e. The number of pyridine rings is 2. The Morgan fingerprint density at radius 2 is 2.05 bits per heavy atom. The fourth-order valence-corrected chi connectivity index (χ4v) is 1.72. The summed E-state index contributed by atoms with van der Waals surface area (Å²) in [4.78, 5) is 20.4. The molecule has 0 saturated heterocycles. The molecule has 2 N–H and O–H groups in total. The Labute approximate surface area is 117 Å². The van der Waals surface area contributed by atoms with Crippen molar-refractivity contribution < 1.29 is 9.53 Å². The van der Waals surface area contributed by atoms with Gasteiger partial charge in [0.2, 0.25) is 5.88 Å². The molecule has 2 aromatic rings. The number of carbonyl (C=O) groups excluding carboxylic acids is 1. The predicted octanol–water partition coefficient (Wildman–Crippen LogP) is 2.09. The average Bonchev–Trinajstić information content (AvgIpc) is 2.47. The highest BCUT2D eigenvalue weighted by molar-refractivity contribution is 6.07. The number of nitrogens with one attached hydrogen (secondary N) is 2. The van der Waals surface area contributed by atoms with Gasteiger partial charge in [-0.3, -0.25) is 9.78 Å². The average molecular weight is 272 g/mol. The monoisotopic (exact) mass is 272 g/mol. The number of aryl methyl sites for hydroxylation is 1. The summed E-state index contributed by atoms with van der Waals surface area (Å²) in [7, 11) is 3.30. The molecule has 0 unspecified atom stereocenters. The maximum atomic E-state index is 12.2. The first-order chi connectivity index (χ1) is 9.63. The van der Waals surface area contributed by atoms with Crippen molar-refractivity contribution in [1.29, 1.82) is 0 Å². The van der Waals surface area contributed by atoms with E-state index in [1.807, 2.05) is 13.0 Å². The van der Waals surface area contributed by atoms with Gasteiger partial charge in [0.05, 0.1) is 30.2 Å². The number of hydrogen-bond acceptors (Lipinski definition) is 5. The van der Waals surface area contributed by atoms with E-state index < -0.39 is 0 Å². The molecule has 0 aliphatic carbocycles. The zero-order valence-corrected chi connectivity index (χ0v) is 11.6. The van der Waals surface area contributed by atoms with Crippen LogP contribution in [0.15, 0.2) is 30.6 Å². The second kappa shape index (κ2) is 6.01. The predicted molar refractivity (Wildman–Crippen MR) is 77.3 cm³/mol. The van der Waals surface area contributed by atoms with Crippen molar-refractivity contribution in [3.63, 3.8) is 0 Å². The molecule has 1 amide bonds. The molecule has 0 atom stereocenters. The van der Waals surface area contributed by atoms with E-state index in [1.165, 1.54) is 13.3 Å². The van der Waals surface area contributed by atoms with Gasteiger partial charge in [-0.05, 0) is 19.1 Å². The van der Waals surface area contributed by atoms with Crippen LogP contribution in [0.5, 0.6) is 5.88 Å². The van der Waals surface area contributed by atoms with E-state index in [4.69, 9.17) is 4.74 Å². The fraction of sp³-hybridized carbons (Fsp3) is 0.214. The molecule has 2 heterocycles. The summed E-state index contributed by atoms with van der Waals surface area (Å²) in [6, 6.07) is 5.23. The fourth-order valence-electron chi connectivity index (χ4n) is 1.72. The van der Waals surface area contributed by atoms with Crippen molar-refractivity contribution in [1.82, 2.24) is 9.97 Å². The first kappa shape index (κ1) is 13.8. The highest BCUT2D eigenvalue weighted by atomic mass is 16.5. The SMILES string of the molecule is CNc1cc(C)ncc1C(=O)Nc1ccc(OC)nc1. The van der Waals surface area contributed by atoms with E-state index in [2.05, 4.69) is 20.6 Å². The Morgan fingerprint density at radius 3 is 2.65 bits per heavy atom. The summed E-state index contributed by atoms with van der Waals surface area (Å²) in [5, 5.41) is 5.75. The van der Waals surface area contributed by atoms with Crippen molar-refractivity contribution in [3.8, 4) is 5.88 Å². The number of anilines is 2. The Morgan fingerprint density at radius 1 is 1.25 bits per heavy atom. The maximum absolute atomic E-state index is 12.2. The summed E-state index contributed by atoms with van der Waals surface area (Å²) in [6.45, 7) is 1.87. The molecule has 0 radical (unpaired) electrons. The molecule has 0 aliphatic heterocycles. The normalized spacial score (nSPS) is 9.95. The molecule has 2 aromatic heterocycles. The lowest BCUT2D eigenvalue weighted by Gasteiger charge is -2.10. The van der Waals surface area contributed by atoms with Gasteiger partial charge in [-0.1, -0.05) is 0 Å². The minimum Gasteiger partial charge on any atom is -0.481 e. The minimum absolute atomic E-state index is 0.242. The van der Waals surface area contributed by atoms with Gasteiger partial charge in [0.15, 0.2) is 0 Å². The Hall–Kier alpha value is -2.63. The number of carbonyl (C=O) groups is 1. The van der Waals surface area contributed by atoms with Gasteiger partial charge in [0.25, 0.3) is 5.91 Å². The molecule has 2 rings (SSSR count). The summed E-state index contributed by atoms with van der Waals surface area (Å²) in [6.07, 6.45) is 3.09. The number of aromatic nitrogens is 2. The smallest absolute Gasteiger partial charge is 0.259 e. The summed E-state index contributed by atoms with van der Waals surface area (Å²) in [5.74, 6) is 0.254. The number of hydrogen-bond donors (Lipinski definition) is 2. The van der Waals surface area contributed by atoms with E-state index >= 15 is 0 Å². The Bertz CT molecular complexity index is 611. The summed E-state index contributed by atoms with van der Waals surface area (Å²) >= 11 is 0. The molecule has 0 spiro atoms. The van der Waals surface area contributed by atoms with E-state index in [0.717, 1.165) is 11.4 Å². The Balaban J connectivity index is 2.19. The highest BCUT2D eigenvalue weighted by Gasteiger charge is 2.12. The van der Waals surface area contributed by atoms with Gasteiger partial charge in [-0.15, -0.1) is 0 Å². The quantitative estimate of drug-likeness (QED) is 0.891. The molecule has 6 nitrogen and oxygen atoms in total. The molecule has 0 fully saturated rings. The van der Waals surface area contributed by atoms with E-state index in [1.54, 1.807) is 25.4 Å². The van der Waals surface area contributed by atoms with Crippen LogP contribution in [-0.2, 0) is 0 Å². The molecule has 0 bridgehead atoms. The van der Waals surface area contributed by atoms with Crippen molar-refractivity contribution in [3.05, 3.63) is 41.9 Å². The van der Waals surface area contributed by atoms with Gasteiger partial charge in [0, 0.05) is 25.0 Å². The third-order valence-corrected chi connectivity index (χ3v) is 2.76. The first-order valence-electron chi connectivity index (χ1n) is 6.10. The lowest BCUT2D eigenvalue weighted by Crippen LogP contribution is -2.14. The van der Waals surface area contributed by atoms with Crippen LogP contribution >= 0.6 is 0 Å². The molecular formula is C14H16N4O2. The topological polar surface area (TPSA) is 76.1 Å². The molecule has 104 valence electrons. The lowest BCUT2D eigenvalue weighted by atomic mass is 10.2. The van der Waals surface area contributed by atoms with Crippen LogP contribution in [0.3, 0.4) is 0 Å². The molecular weight excluding hydrogens is 256 g/mol. The second-order valence-corrected chi connectivity index (χ2v) is 4.16. The van der Waals surface area contributed by atoms with Gasteiger partial charge >= 0.3 is 0 Å². The lowest BCUT2D eigenvalue weighted by molar-refractivity contribution is 0.102. The first-order valence-corrected chi connectivity index (χ1v) is 6.10. The third kappa shape index (κ3) is 3.03. The molecule has 0 aliphatic rings. The largest absolute Gasteiger partial charge is 0.481 e. The van der Waals surface area contributed by atoms with Gasteiger partial charge < -0.3 is 15.4 Å². The van der Waals surface area contributed by atoms with Crippen molar-refractivity contribution in [2.75, 3.05) is 24.8 Å². The van der Waals surface area contributed by atoms with Gasteiger partial charge in [0.1, 0.15) is 0 Å². The second-order valence-electron chi connectivity index (χ2n) is 4.16. The van der Waals surface area contributed by atoms with E-state index in [0.29, 0.717) is 17.1 Å². The molecule has 20 heavy (non-hydrogen) atoms. The van der Waals surface area contributed by atoms with E-state index in [-0.39, 0.29) is 5.91 Å². The van der Waals surface area contributed by atoms with Crippen molar-refractivity contribution in [2.45, 2.75) is 6.92 Å². The van der Waals surface area contributed by atoms with Crippen LogP contribution < -0.4 is 15.4 Å². The third-order valence-electron chi connectivity index (χ3n) is 2.76. The molecule has 6 heteroatoms. The number of nitrogens with zero attached hydrogens (tertiary/aromatic N) is 2. The van der Waals surface area contributed by atoms with Crippen LogP contribution in [0.2, 0.25) is 0 Å². The van der Waals surface area contributed by atoms with E-state index in [9.17, 15) is 4.79 Å². The number of methoxy groups -OCH3 is 1. The van der Waals surface area contributed by atoms with Crippen LogP contribution in [0.1, 0.15) is 16.1 Å². The highest BCUT2D eigenvalue weighted by Crippen LogP contribution is 2.17. The zero-order chi connectivity index (χ0) is 14.5. The van der Waals surface area contributed by atoms with Crippen LogP contribution in [0, 0.1) is 6.92 Å². The van der Waals surface area contributed by atoms with Crippen LogP contribution in [0.4, 0.5) is 11.4 Å². The summed E-state index contributed by atoms with van der Waals surface area (Å²) < 4.78 is 4.96. The van der Waals surface area contributed by atoms with Crippen molar-refractivity contribution >= 4 is 17.3 Å². The van der Waals surface area contributed by atoms with Crippen LogP contribution in [0.25, 0.3) is 0 Å². The number of rotatable bonds is 4. The van der Waals surface area contributed by atoms with Gasteiger partial charge in [-0.2, -0.15) is 0 Å². The van der Waals surface area contributed by atoms with Gasteiger partial charge in [-0.25, -0.2) is 4.98 Å². The van der Waals surface area contributed by atoms with Crippen molar-refractivity contribution in [2.24, 2.45) is 0 Å². The van der Waals surface area contributed by atoms with Crippen LogP contribution in [-0.4, -0.2) is 30.0 Å². The molecule has 0 aromatic carbocycles. The minimum atomic E-state index is -0.242.